The van der Waals surface area contributed by atoms with Crippen LogP contribution < -0.4 is 5.56 Å². The van der Waals surface area contributed by atoms with Gasteiger partial charge in [0.15, 0.2) is 11.6 Å². The molecule has 2 aliphatic rings. The predicted molar refractivity (Wildman–Crippen MR) is 113 cm³/mol. The van der Waals surface area contributed by atoms with E-state index in [2.05, 4.69) is 4.98 Å². The van der Waals surface area contributed by atoms with Gasteiger partial charge in [-0.05, 0) is 44.0 Å². The number of carbonyl (C=O) groups is 1. The van der Waals surface area contributed by atoms with Crippen molar-refractivity contribution in [1.29, 1.82) is 0 Å². The second-order valence-corrected chi connectivity index (χ2v) is 8.62. The number of fused-ring (bicyclic) bond motifs is 5. The Hall–Kier alpha value is -3.13. The Bertz CT molecular complexity index is 1350. The number of nitrogens with zero attached hydrogens (tertiary/aromatic N) is 2. The highest BCUT2D eigenvalue weighted by Crippen LogP contribution is 2.42. The average molecular weight is 440 g/mol. The van der Waals surface area contributed by atoms with E-state index in [-0.39, 0.29) is 31.2 Å². The minimum absolute atomic E-state index is 0.0000669. The summed E-state index contributed by atoms with van der Waals surface area (Å²) in [5.41, 5.74) is 1.87. The fourth-order valence-corrected chi connectivity index (χ4v) is 4.80. The molecular formula is C24H22F2N2O4. The van der Waals surface area contributed by atoms with Gasteiger partial charge in [0, 0.05) is 17.0 Å². The summed E-state index contributed by atoms with van der Waals surface area (Å²) in [5, 5.41) is 0.463. The van der Waals surface area contributed by atoms with Crippen LogP contribution in [0.15, 0.2) is 29.1 Å². The number of aromatic nitrogens is 2. The summed E-state index contributed by atoms with van der Waals surface area (Å²) in [7, 11) is 0. The first kappa shape index (κ1) is 20.8. The summed E-state index contributed by atoms with van der Waals surface area (Å²) in [6.07, 6.45) is 0.288. The van der Waals surface area contributed by atoms with Crippen LogP contribution in [0.4, 0.5) is 8.78 Å². The number of rotatable bonds is 3. The zero-order valence-corrected chi connectivity index (χ0v) is 18.0. The average Bonchev–Trinajstić information content (AvgIpc) is 3.02. The lowest BCUT2D eigenvalue weighted by Gasteiger charge is -2.34. The van der Waals surface area contributed by atoms with Gasteiger partial charge in [0.05, 0.1) is 41.5 Å². The van der Waals surface area contributed by atoms with Crippen LogP contribution in [-0.2, 0) is 33.0 Å². The van der Waals surface area contributed by atoms with E-state index in [0.717, 1.165) is 17.7 Å². The standard InChI is InChI=1S/C24H22F2N2O4/c1-4-24(32-12(2)3)9-21(29)31-11-15-16(24)7-20-22-14(10-28(20)23(15)30)5-13-6-17(25)18(26)8-19(13)27-22/h5-8,12H,4,9-11H2,1-3H3. The molecule has 6 nitrogen and oxygen atoms in total. The van der Waals surface area contributed by atoms with Gasteiger partial charge < -0.3 is 14.0 Å². The maximum absolute atomic E-state index is 13.8. The van der Waals surface area contributed by atoms with Crippen molar-refractivity contribution in [2.75, 3.05) is 0 Å². The number of hydrogen-bond acceptors (Lipinski definition) is 5. The van der Waals surface area contributed by atoms with E-state index >= 15 is 0 Å². The van der Waals surface area contributed by atoms with Gasteiger partial charge >= 0.3 is 5.97 Å². The summed E-state index contributed by atoms with van der Waals surface area (Å²) in [6.45, 7) is 5.79. The Morgan fingerprint density at radius 1 is 1.19 bits per heavy atom. The molecule has 0 fully saturated rings. The van der Waals surface area contributed by atoms with Gasteiger partial charge in [-0.25, -0.2) is 13.8 Å². The van der Waals surface area contributed by atoms with Gasteiger partial charge in [-0.15, -0.1) is 0 Å². The van der Waals surface area contributed by atoms with Gasteiger partial charge in [-0.1, -0.05) is 6.92 Å². The molecule has 0 bridgehead atoms. The molecule has 166 valence electrons. The van der Waals surface area contributed by atoms with Gasteiger partial charge in [0.1, 0.15) is 12.2 Å². The molecule has 0 saturated carbocycles. The second-order valence-electron chi connectivity index (χ2n) is 8.62. The molecule has 0 spiro atoms. The molecule has 1 aromatic carbocycles. The van der Waals surface area contributed by atoms with Crippen LogP contribution in [0.1, 0.15) is 50.3 Å². The van der Waals surface area contributed by atoms with Crippen molar-refractivity contribution in [2.45, 2.75) is 58.5 Å². The minimum Gasteiger partial charge on any atom is -0.460 e. The van der Waals surface area contributed by atoms with Crippen LogP contribution in [0, 0.1) is 11.6 Å². The Morgan fingerprint density at radius 2 is 1.94 bits per heavy atom. The first-order chi connectivity index (χ1) is 15.2. The lowest BCUT2D eigenvalue weighted by Crippen LogP contribution is -2.36. The van der Waals surface area contributed by atoms with E-state index in [1.165, 1.54) is 0 Å². The molecule has 1 unspecified atom stereocenters. The third kappa shape index (κ3) is 3.04. The highest BCUT2D eigenvalue weighted by molar-refractivity contribution is 5.84. The first-order valence-electron chi connectivity index (χ1n) is 10.6. The highest BCUT2D eigenvalue weighted by atomic mass is 19.2. The molecule has 3 aromatic rings. The molecule has 2 aromatic heterocycles. The Balaban J connectivity index is 1.77. The van der Waals surface area contributed by atoms with Crippen molar-refractivity contribution in [1.82, 2.24) is 9.55 Å². The van der Waals surface area contributed by atoms with Crippen molar-refractivity contribution in [3.8, 4) is 11.4 Å². The molecule has 0 amide bonds. The first-order valence-corrected chi connectivity index (χ1v) is 10.6. The second kappa shape index (κ2) is 7.20. The normalized spacial score (nSPS) is 19.5. The SMILES string of the molecule is CCC1(OC(C)C)CC(=O)OCc2c1cc1n(c2=O)Cc2cc3cc(F)c(F)cc3nc2-1. The van der Waals surface area contributed by atoms with E-state index in [1.807, 2.05) is 26.8 Å². The summed E-state index contributed by atoms with van der Waals surface area (Å²) < 4.78 is 40.7. The fourth-order valence-electron chi connectivity index (χ4n) is 4.80. The molecule has 0 N–H and O–H groups in total. The van der Waals surface area contributed by atoms with Crippen molar-refractivity contribution in [2.24, 2.45) is 0 Å². The van der Waals surface area contributed by atoms with Crippen molar-refractivity contribution < 1.29 is 23.0 Å². The highest BCUT2D eigenvalue weighted by Gasteiger charge is 2.42. The van der Waals surface area contributed by atoms with E-state index < -0.39 is 23.2 Å². The Morgan fingerprint density at radius 3 is 2.66 bits per heavy atom. The largest absolute Gasteiger partial charge is 0.460 e. The quantitative estimate of drug-likeness (QED) is 0.447. The number of cyclic esters (lactones) is 1. The van der Waals surface area contributed by atoms with E-state index in [1.54, 1.807) is 10.6 Å². The van der Waals surface area contributed by atoms with Crippen LogP contribution in [-0.4, -0.2) is 21.6 Å². The molecule has 5 rings (SSSR count). The van der Waals surface area contributed by atoms with Crippen LogP contribution >= 0.6 is 0 Å². The topological polar surface area (TPSA) is 70.4 Å². The molecular weight excluding hydrogens is 418 g/mol. The maximum Gasteiger partial charge on any atom is 0.309 e. The summed E-state index contributed by atoms with van der Waals surface area (Å²) >= 11 is 0. The summed E-state index contributed by atoms with van der Waals surface area (Å²) in [5.74, 6) is -2.34. The molecule has 0 radical (unpaired) electrons. The van der Waals surface area contributed by atoms with E-state index in [4.69, 9.17) is 9.47 Å². The van der Waals surface area contributed by atoms with Crippen molar-refractivity contribution in [3.05, 3.63) is 62.9 Å². The smallest absolute Gasteiger partial charge is 0.309 e. The zero-order chi connectivity index (χ0) is 22.8. The van der Waals surface area contributed by atoms with Crippen LogP contribution in [0.25, 0.3) is 22.3 Å². The third-order valence-electron chi connectivity index (χ3n) is 6.24. The number of ether oxygens (including phenoxy) is 2. The number of esters is 1. The van der Waals surface area contributed by atoms with E-state index in [9.17, 15) is 18.4 Å². The van der Waals surface area contributed by atoms with Crippen LogP contribution in [0.2, 0.25) is 0 Å². The lowest BCUT2D eigenvalue weighted by molar-refractivity contribution is -0.155. The number of benzene rings is 1. The molecule has 32 heavy (non-hydrogen) atoms. The third-order valence-corrected chi connectivity index (χ3v) is 6.24. The summed E-state index contributed by atoms with van der Waals surface area (Å²) in [4.78, 5) is 30.4. The molecule has 4 heterocycles. The van der Waals surface area contributed by atoms with Gasteiger partial charge in [0.2, 0.25) is 0 Å². The molecule has 1 atom stereocenters. The van der Waals surface area contributed by atoms with Crippen LogP contribution in [0.5, 0.6) is 0 Å². The fraction of sp³-hybridized carbons (Fsp3) is 0.375. The van der Waals surface area contributed by atoms with Crippen molar-refractivity contribution in [3.63, 3.8) is 0 Å². The number of hydrogen-bond donors (Lipinski definition) is 0. The lowest BCUT2D eigenvalue weighted by atomic mass is 9.85. The molecule has 8 heteroatoms. The van der Waals surface area contributed by atoms with E-state index in [0.29, 0.717) is 39.8 Å². The number of carbonyl (C=O) groups excluding carboxylic acids is 1. The predicted octanol–water partition coefficient (Wildman–Crippen LogP) is 4.18. The molecule has 0 aliphatic carbocycles. The monoisotopic (exact) mass is 440 g/mol. The Labute approximate surface area is 182 Å². The minimum atomic E-state index is -0.999. The van der Waals surface area contributed by atoms with Crippen LogP contribution in [0.3, 0.4) is 0 Å². The summed E-state index contributed by atoms with van der Waals surface area (Å²) in [6, 6.07) is 5.74. The maximum atomic E-state index is 13.8. The van der Waals surface area contributed by atoms with Gasteiger partial charge in [-0.3, -0.25) is 9.59 Å². The number of pyridine rings is 2. The number of halogens is 2. The van der Waals surface area contributed by atoms with Gasteiger partial charge in [0.25, 0.3) is 5.56 Å². The zero-order valence-electron chi connectivity index (χ0n) is 18.0. The van der Waals surface area contributed by atoms with Gasteiger partial charge in [-0.2, -0.15) is 0 Å². The van der Waals surface area contributed by atoms with Crippen molar-refractivity contribution >= 4 is 16.9 Å². The Kier molecular flexibility index (Phi) is 4.67. The molecule has 0 saturated heterocycles. The molecule has 2 aliphatic heterocycles.